The number of carbonyl (C=O) groups is 1. The number of ether oxygens (including phenoxy) is 2. The van der Waals surface area contributed by atoms with Crippen LogP contribution in [0, 0.1) is 0 Å². The lowest BCUT2D eigenvalue weighted by molar-refractivity contribution is -0.115. The summed E-state index contributed by atoms with van der Waals surface area (Å²) in [5.41, 5.74) is 3.10. The van der Waals surface area contributed by atoms with Gasteiger partial charge in [0.2, 0.25) is 5.91 Å². The van der Waals surface area contributed by atoms with Crippen molar-refractivity contribution in [3.05, 3.63) is 48.0 Å². The van der Waals surface area contributed by atoms with E-state index in [4.69, 9.17) is 9.47 Å². The van der Waals surface area contributed by atoms with Gasteiger partial charge in [-0.3, -0.25) is 4.79 Å². The highest BCUT2D eigenvalue weighted by atomic mass is 16.5. The largest absolute Gasteiger partial charge is 0.497 e. The number of anilines is 2. The number of aryl methyl sites for hydroxylation is 1. The standard InChI is InChI=1S/C20H24N2O3/c1-14-8-9-15-6-4-5-7-18(15)22(14)13-20(23)21-17-11-10-16(24-2)12-19(17)25-3/h4-7,10-12,14H,8-9,13H2,1-3H3,(H,21,23)/t14-/m1/s1. The van der Waals surface area contributed by atoms with Crippen LogP contribution in [0.1, 0.15) is 18.9 Å². The van der Waals surface area contributed by atoms with Crippen molar-refractivity contribution in [2.24, 2.45) is 0 Å². The Morgan fingerprint density at radius 2 is 2.00 bits per heavy atom. The molecule has 132 valence electrons. The Morgan fingerprint density at radius 1 is 1.20 bits per heavy atom. The molecule has 1 amide bonds. The quantitative estimate of drug-likeness (QED) is 0.905. The average Bonchev–Trinajstić information content (AvgIpc) is 2.64. The number of hydrogen-bond donors (Lipinski definition) is 1. The number of hydrogen-bond acceptors (Lipinski definition) is 4. The van der Waals surface area contributed by atoms with Crippen molar-refractivity contribution in [1.29, 1.82) is 0 Å². The lowest BCUT2D eigenvalue weighted by Gasteiger charge is -2.36. The maximum absolute atomic E-state index is 12.6. The molecule has 2 aromatic carbocycles. The van der Waals surface area contributed by atoms with Gasteiger partial charge in [0.1, 0.15) is 11.5 Å². The number of rotatable bonds is 5. The van der Waals surface area contributed by atoms with Crippen LogP contribution in [-0.2, 0) is 11.2 Å². The van der Waals surface area contributed by atoms with Crippen molar-refractivity contribution < 1.29 is 14.3 Å². The summed E-state index contributed by atoms with van der Waals surface area (Å²) in [4.78, 5) is 14.8. The van der Waals surface area contributed by atoms with Crippen LogP contribution in [0.25, 0.3) is 0 Å². The second-order valence-corrected chi connectivity index (χ2v) is 6.26. The van der Waals surface area contributed by atoms with Gasteiger partial charge in [-0.1, -0.05) is 18.2 Å². The Balaban J connectivity index is 1.75. The first-order valence-electron chi connectivity index (χ1n) is 8.48. The van der Waals surface area contributed by atoms with Gasteiger partial charge in [-0.25, -0.2) is 0 Å². The fourth-order valence-corrected chi connectivity index (χ4v) is 3.25. The zero-order chi connectivity index (χ0) is 17.8. The number of benzene rings is 2. The van der Waals surface area contributed by atoms with Gasteiger partial charge in [0, 0.05) is 17.8 Å². The molecule has 5 heteroatoms. The third-order valence-corrected chi connectivity index (χ3v) is 4.66. The summed E-state index contributed by atoms with van der Waals surface area (Å²) in [5, 5.41) is 2.95. The molecule has 5 nitrogen and oxygen atoms in total. The number of fused-ring (bicyclic) bond motifs is 1. The van der Waals surface area contributed by atoms with Gasteiger partial charge in [0.05, 0.1) is 26.5 Å². The van der Waals surface area contributed by atoms with Crippen molar-refractivity contribution in [3.63, 3.8) is 0 Å². The fraction of sp³-hybridized carbons (Fsp3) is 0.350. The molecule has 0 unspecified atom stereocenters. The lowest BCUT2D eigenvalue weighted by Crippen LogP contribution is -2.42. The molecule has 1 aliphatic heterocycles. The SMILES string of the molecule is COc1ccc(NC(=O)CN2c3ccccc3CC[C@H]2C)c(OC)c1. The molecule has 1 heterocycles. The van der Waals surface area contributed by atoms with E-state index in [-0.39, 0.29) is 5.91 Å². The second-order valence-electron chi connectivity index (χ2n) is 6.26. The first-order valence-corrected chi connectivity index (χ1v) is 8.48. The smallest absolute Gasteiger partial charge is 0.244 e. The summed E-state index contributed by atoms with van der Waals surface area (Å²) in [6.07, 6.45) is 2.11. The Morgan fingerprint density at radius 3 is 2.76 bits per heavy atom. The first kappa shape index (κ1) is 17.1. The van der Waals surface area contributed by atoms with Gasteiger partial charge < -0.3 is 19.7 Å². The predicted octanol–water partition coefficient (Wildman–Crippen LogP) is 3.48. The molecule has 0 saturated carbocycles. The predicted molar refractivity (Wildman–Crippen MR) is 99.7 cm³/mol. The number of amides is 1. The summed E-state index contributed by atoms with van der Waals surface area (Å²) in [6.45, 7) is 2.48. The third-order valence-electron chi connectivity index (χ3n) is 4.66. The van der Waals surface area contributed by atoms with Crippen molar-refractivity contribution in [1.82, 2.24) is 0 Å². The maximum atomic E-state index is 12.6. The van der Waals surface area contributed by atoms with Gasteiger partial charge in [-0.05, 0) is 43.5 Å². The fourth-order valence-electron chi connectivity index (χ4n) is 3.25. The molecular formula is C20H24N2O3. The molecule has 0 bridgehead atoms. The summed E-state index contributed by atoms with van der Waals surface area (Å²) in [6, 6.07) is 14.0. The number of carbonyl (C=O) groups excluding carboxylic acids is 1. The molecule has 0 saturated heterocycles. The van der Waals surface area contributed by atoms with Crippen molar-refractivity contribution in [2.45, 2.75) is 25.8 Å². The number of para-hydroxylation sites is 1. The van der Waals surface area contributed by atoms with Crippen LogP contribution in [0.2, 0.25) is 0 Å². The average molecular weight is 340 g/mol. The first-order chi connectivity index (χ1) is 12.1. The highest BCUT2D eigenvalue weighted by Crippen LogP contribution is 2.31. The van der Waals surface area contributed by atoms with Gasteiger partial charge in [0.25, 0.3) is 0 Å². The number of nitrogens with zero attached hydrogens (tertiary/aromatic N) is 1. The minimum absolute atomic E-state index is 0.0629. The highest BCUT2D eigenvalue weighted by molar-refractivity contribution is 5.95. The molecule has 1 N–H and O–H groups in total. The van der Waals surface area contributed by atoms with E-state index in [0.717, 1.165) is 18.5 Å². The van der Waals surface area contributed by atoms with Crippen LogP contribution in [0.5, 0.6) is 11.5 Å². The summed E-state index contributed by atoms with van der Waals surface area (Å²) in [5.74, 6) is 1.21. The summed E-state index contributed by atoms with van der Waals surface area (Å²) in [7, 11) is 3.18. The van der Waals surface area contributed by atoms with Crippen LogP contribution in [0.4, 0.5) is 11.4 Å². The van der Waals surface area contributed by atoms with E-state index in [0.29, 0.717) is 29.8 Å². The summed E-state index contributed by atoms with van der Waals surface area (Å²) < 4.78 is 10.5. The van der Waals surface area contributed by atoms with Crippen LogP contribution in [-0.4, -0.2) is 32.7 Å². The molecule has 25 heavy (non-hydrogen) atoms. The third kappa shape index (κ3) is 3.71. The van der Waals surface area contributed by atoms with E-state index in [9.17, 15) is 4.79 Å². The molecule has 0 fully saturated rings. The Hall–Kier alpha value is -2.69. The summed E-state index contributed by atoms with van der Waals surface area (Å²) >= 11 is 0. The van der Waals surface area contributed by atoms with E-state index < -0.39 is 0 Å². The molecular weight excluding hydrogens is 316 g/mol. The Labute approximate surface area is 148 Å². The van der Waals surface area contributed by atoms with Crippen LogP contribution < -0.4 is 19.7 Å². The van der Waals surface area contributed by atoms with Crippen LogP contribution in [0.3, 0.4) is 0 Å². The molecule has 0 aliphatic carbocycles. The Kier molecular flexibility index (Phi) is 5.12. The number of methoxy groups -OCH3 is 2. The van der Waals surface area contributed by atoms with E-state index >= 15 is 0 Å². The molecule has 0 spiro atoms. The van der Waals surface area contributed by atoms with E-state index in [1.807, 2.05) is 6.07 Å². The molecule has 1 atom stereocenters. The topological polar surface area (TPSA) is 50.8 Å². The normalized spacial score (nSPS) is 16.1. The molecule has 0 radical (unpaired) electrons. The molecule has 2 aromatic rings. The minimum atomic E-state index is -0.0629. The lowest BCUT2D eigenvalue weighted by atomic mass is 9.96. The second kappa shape index (κ2) is 7.47. The van der Waals surface area contributed by atoms with Crippen LogP contribution in [0.15, 0.2) is 42.5 Å². The van der Waals surface area contributed by atoms with E-state index in [1.54, 1.807) is 32.4 Å². The van der Waals surface area contributed by atoms with Crippen LogP contribution >= 0.6 is 0 Å². The highest BCUT2D eigenvalue weighted by Gasteiger charge is 2.24. The maximum Gasteiger partial charge on any atom is 0.244 e. The molecule has 1 aliphatic rings. The minimum Gasteiger partial charge on any atom is -0.497 e. The number of nitrogens with one attached hydrogen (secondary N) is 1. The molecule has 3 rings (SSSR count). The monoisotopic (exact) mass is 340 g/mol. The van der Waals surface area contributed by atoms with Gasteiger partial charge in [0.15, 0.2) is 0 Å². The Bertz CT molecular complexity index is 760. The van der Waals surface area contributed by atoms with Crippen molar-refractivity contribution >= 4 is 17.3 Å². The van der Waals surface area contributed by atoms with Gasteiger partial charge >= 0.3 is 0 Å². The van der Waals surface area contributed by atoms with Gasteiger partial charge in [-0.15, -0.1) is 0 Å². The molecule has 0 aromatic heterocycles. The van der Waals surface area contributed by atoms with Crippen molar-refractivity contribution in [3.8, 4) is 11.5 Å². The van der Waals surface area contributed by atoms with E-state index in [2.05, 4.69) is 35.3 Å². The van der Waals surface area contributed by atoms with E-state index in [1.165, 1.54) is 5.56 Å². The zero-order valence-corrected chi connectivity index (χ0v) is 14.9. The van der Waals surface area contributed by atoms with Crippen molar-refractivity contribution in [2.75, 3.05) is 31.0 Å². The van der Waals surface area contributed by atoms with Gasteiger partial charge in [-0.2, -0.15) is 0 Å². The zero-order valence-electron chi connectivity index (χ0n) is 14.9.